The van der Waals surface area contributed by atoms with Gasteiger partial charge in [-0.3, -0.25) is 0 Å². The van der Waals surface area contributed by atoms with E-state index in [1.807, 2.05) is 13.8 Å². The van der Waals surface area contributed by atoms with Crippen molar-refractivity contribution >= 4 is 0 Å². The molecule has 0 radical (unpaired) electrons. The molecule has 0 amide bonds. The van der Waals surface area contributed by atoms with E-state index in [0.717, 1.165) is 12.5 Å². The molecule has 0 aliphatic rings. The summed E-state index contributed by atoms with van der Waals surface area (Å²) in [4.78, 5) is 0. The fourth-order valence-corrected chi connectivity index (χ4v) is 1.30. The van der Waals surface area contributed by atoms with Gasteiger partial charge in [0.1, 0.15) is 11.6 Å². The normalized spacial score (nSPS) is 11.8. The number of aryl methyl sites for hydroxylation is 1. The maximum atomic E-state index is 13.3. The van der Waals surface area contributed by atoms with Gasteiger partial charge < -0.3 is 5.73 Å². The third kappa shape index (κ3) is 3.59. The van der Waals surface area contributed by atoms with Crippen molar-refractivity contribution < 1.29 is 8.78 Å². The summed E-state index contributed by atoms with van der Waals surface area (Å²) in [6.07, 6.45) is 1.39. The SMILES string of the molecule is CC(C)(CN)CCc1ccc(F)cc1F. The Bertz CT molecular complexity index is 334. The molecule has 0 fully saturated rings. The minimum Gasteiger partial charge on any atom is -0.330 e. The Morgan fingerprint density at radius 3 is 2.47 bits per heavy atom. The standard InChI is InChI=1S/C12H17F2N/c1-12(2,8-15)6-5-9-3-4-10(13)7-11(9)14/h3-4,7H,5-6,8,15H2,1-2H3. The second-order valence-electron chi connectivity index (χ2n) is 4.60. The smallest absolute Gasteiger partial charge is 0.129 e. The largest absolute Gasteiger partial charge is 0.330 e. The van der Waals surface area contributed by atoms with Gasteiger partial charge in [-0.05, 0) is 36.4 Å². The predicted octanol–water partition coefficient (Wildman–Crippen LogP) is 2.88. The Hall–Kier alpha value is -0.960. The van der Waals surface area contributed by atoms with E-state index < -0.39 is 11.6 Å². The van der Waals surface area contributed by atoms with E-state index in [-0.39, 0.29) is 5.41 Å². The van der Waals surface area contributed by atoms with Crippen molar-refractivity contribution in [2.45, 2.75) is 26.7 Å². The Morgan fingerprint density at radius 1 is 1.27 bits per heavy atom. The van der Waals surface area contributed by atoms with E-state index in [1.54, 1.807) is 0 Å². The molecular weight excluding hydrogens is 196 g/mol. The summed E-state index contributed by atoms with van der Waals surface area (Å²) in [6.45, 7) is 4.64. The molecule has 0 unspecified atom stereocenters. The summed E-state index contributed by atoms with van der Waals surface area (Å²) in [5.41, 5.74) is 6.13. The van der Waals surface area contributed by atoms with Crippen LogP contribution >= 0.6 is 0 Å². The van der Waals surface area contributed by atoms with E-state index in [0.29, 0.717) is 18.5 Å². The zero-order valence-electron chi connectivity index (χ0n) is 9.19. The van der Waals surface area contributed by atoms with E-state index >= 15 is 0 Å². The Balaban J connectivity index is 2.66. The minimum atomic E-state index is -0.533. The molecule has 0 aromatic heterocycles. The van der Waals surface area contributed by atoms with Crippen molar-refractivity contribution in [1.29, 1.82) is 0 Å². The van der Waals surface area contributed by atoms with Gasteiger partial charge in [-0.25, -0.2) is 8.78 Å². The van der Waals surface area contributed by atoms with Gasteiger partial charge in [0.25, 0.3) is 0 Å². The highest BCUT2D eigenvalue weighted by molar-refractivity contribution is 5.18. The molecule has 1 rings (SSSR count). The van der Waals surface area contributed by atoms with E-state index in [2.05, 4.69) is 0 Å². The van der Waals surface area contributed by atoms with Crippen LogP contribution in [-0.4, -0.2) is 6.54 Å². The lowest BCUT2D eigenvalue weighted by molar-refractivity contribution is 0.345. The van der Waals surface area contributed by atoms with Gasteiger partial charge in [-0.1, -0.05) is 19.9 Å². The second-order valence-corrected chi connectivity index (χ2v) is 4.60. The summed E-state index contributed by atoms with van der Waals surface area (Å²) < 4.78 is 25.9. The number of hydrogen-bond acceptors (Lipinski definition) is 1. The average Bonchev–Trinajstić information content (AvgIpc) is 2.16. The highest BCUT2D eigenvalue weighted by Crippen LogP contribution is 2.22. The fourth-order valence-electron chi connectivity index (χ4n) is 1.30. The van der Waals surface area contributed by atoms with Gasteiger partial charge in [0, 0.05) is 6.07 Å². The van der Waals surface area contributed by atoms with Crippen molar-refractivity contribution in [1.82, 2.24) is 0 Å². The van der Waals surface area contributed by atoms with Crippen LogP contribution in [0, 0.1) is 17.0 Å². The van der Waals surface area contributed by atoms with E-state index in [9.17, 15) is 8.78 Å². The third-order valence-electron chi connectivity index (χ3n) is 2.64. The number of halogens is 2. The second kappa shape index (κ2) is 4.71. The summed E-state index contributed by atoms with van der Waals surface area (Å²) in [5.74, 6) is -1.00. The quantitative estimate of drug-likeness (QED) is 0.817. The molecule has 0 aliphatic heterocycles. The lowest BCUT2D eigenvalue weighted by Gasteiger charge is -2.22. The van der Waals surface area contributed by atoms with Gasteiger partial charge in [-0.15, -0.1) is 0 Å². The summed E-state index contributed by atoms with van der Waals surface area (Å²) in [5, 5.41) is 0. The highest BCUT2D eigenvalue weighted by Gasteiger charge is 2.16. The number of benzene rings is 1. The fraction of sp³-hybridized carbons (Fsp3) is 0.500. The molecule has 84 valence electrons. The molecule has 0 saturated carbocycles. The van der Waals surface area contributed by atoms with Crippen LogP contribution in [0.15, 0.2) is 18.2 Å². The van der Waals surface area contributed by atoms with Crippen LogP contribution in [0.5, 0.6) is 0 Å². The molecule has 0 heterocycles. The summed E-state index contributed by atoms with van der Waals surface area (Å²) in [7, 11) is 0. The van der Waals surface area contributed by atoms with Crippen molar-refractivity contribution in [2.24, 2.45) is 11.1 Å². The van der Waals surface area contributed by atoms with Gasteiger partial charge >= 0.3 is 0 Å². The summed E-state index contributed by atoms with van der Waals surface area (Å²) >= 11 is 0. The summed E-state index contributed by atoms with van der Waals surface area (Å²) in [6, 6.07) is 3.70. The molecule has 0 bridgehead atoms. The lowest BCUT2D eigenvalue weighted by Crippen LogP contribution is -2.24. The van der Waals surface area contributed by atoms with E-state index in [4.69, 9.17) is 5.73 Å². The first-order valence-electron chi connectivity index (χ1n) is 5.08. The molecule has 3 heteroatoms. The van der Waals surface area contributed by atoms with Gasteiger partial charge in [0.15, 0.2) is 0 Å². The van der Waals surface area contributed by atoms with Gasteiger partial charge in [0.05, 0.1) is 0 Å². The molecule has 0 saturated heterocycles. The molecule has 15 heavy (non-hydrogen) atoms. The lowest BCUT2D eigenvalue weighted by atomic mass is 9.86. The van der Waals surface area contributed by atoms with Crippen LogP contribution in [0.3, 0.4) is 0 Å². The molecule has 1 aromatic carbocycles. The van der Waals surface area contributed by atoms with Crippen molar-refractivity contribution in [2.75, 3.05) is 6.54 Å². The van der Waals surface area contributed by atoms with Gasteiger partial charge in [0.2, 0.25) is 0 Å². The van der Waals surface area contributed by atoms with Crippen LogP contribution in [-0.2, 0) is 6.42 Å². The average molecular weight is 213 g/mol. The Labute approximate surface area is 89.3 Å². The Morgan fingerprint density at radius 2 is 1.93 bits per heavy atom. The number of rotatable bonds is 4. The molecule has 0 spiro atoms. The molecule has 0 atom stereocenters. The first-order valence-corrected chi connectivity index (χ1v) is 5.08. The maximum Gasteiger partial charge on any atom is 0.129 e. The predicted molar refractivity (Wildman–Crippen MR) is 57.5 cm³/mol. The zero-order chi connectivity index (χ0) is 11.5. The van der Waals surface area contributed by atoms with Crippen LogP contribution in [0.4, 0.5) is 8.78 Å². The molecule has 1 nitrogen and oxygen atoms in total. The first kappa shape index (κ1) is 12.1. The molecular formula is C12H17F2N. The van der Waals surface area contributed by atoms with Crippen molar-refractivity contribution in [3.8, 4) is 0 Å². The zero-order valence-corrected chi connectivity index (χ0v) is 9.19. The topological polar surface area (TPSA) is 26.0 Å². The molecule has 2 N–H and O–H groups in total. The van der Waals surface area contributed by atoms with Gasteiger partial charge in [-0.2, -0.15) is 0 Å². The van der Waals surface area contributed by atoms with Crippen molar-refractivity contribution in [3.63, 3.8) is 0 Å². The number of nitrogens with two attached hydrogens (primary N) is 1. The number of hydrogen-bond donors (Lipinski definition) is 1. The Kier molecular flexibility index (Phi) is 3.80. The third-order valence-corrected chi connectivity index (χ3v) is 2.64. The molecule has 0 aliphatic carbocycles. The van der Waals surface area contributed by atoms with Crippen LogP contribution in [0.2, 0.25) is 0 Å². The van der Waals surface area contributed by atoms with Crippen molar-refractivity contribution in [3.05, 3.63) is 35.4 Å². The molecule has 1 aromatic rings. The minimum absolute atomic E-state index is 0.000820. The van der Waals surface area contributed by atoms with Crippen LogP contribution in [0.25, 0.3) is 0 Å². The highest BCUT2D eigenvalue weighted by atomic mass is 19.1. The van der Waals surface area contributed by atoms with E-state index in [1.165, 1.54) is 12.1 Å². The first-order chi connectivity index (χ1) is 6.94. The maximum absolute atomic E-state index is 13.3. The monoisotopic (exact) mass is 213 g/mol. The van der Waals surface area contributed by atoms with Crippen LogP contribution < -0.4 is 5.73 Å². The van der Waals surface area contributed by atoms with Crippen LogP contribution in [0.1, 0.15) is 25.8 Å².